The summed E-state index contributed by atoms with van der Waals surface area (Å²) in [6.45, 7) is 3.34. The Balaban J connectivity index is 3.12. The van der Waals surface area contributed by atoms with Crippen LogP contribution in [0.25, 0.3) is 0 Å². The van der Waals surface area contributed by atoms with E-state index in [1.54, 1.807) is 19.9 Å². The molecule has 17 heavy (non-hydrogen) atoms. The van der Waals surface area contributed by atoms with Crippen molar-refractivity contribution in [3.63, 3.8) is 0 Å². The molecule has 5 nitrogen and oxygen atoms in total. The van der Waals surface area contributed by atoms with Crippen molar-refractivity contribution in [2.75, 3.05) is 11.6 Å². The van der Waals surface area contributed by atoms with Crippen LogP contribution in [0.3, 0.4) is 0 Å². The predicted molar refractivity (Wildman–Crippen MR) is 66.6 cm³/mol. The number of aryl methyl sites for hydroxylation is 1. The summed E-state index contributed by atoms with van der Waals surface area (Å²) in [7, 11) is -3.28. The Kier molecular flexibility index (Phi) is 3.90. The third-order valence-electron chi connectivity index (χ3n) is 2.31. The summed E-state index contributed by atoms with van der Waals surface area (Å²) >= 11 is 0. The molecule has 0 saturated carbocycles. The number of sulfone groups is 1. The van der Waals surface area contributed by atoms with Crippen LogP contribution in [0.2, 0.25) is 0 Å². The van der Waals surface area contributed by atoms with E-state index in [1.807, 2.05) is 0 Å². The molecule has 6 heteroatoms. The largest absolute Gasteiger partial charge is 0.324 e. The van der Waals surface area contributed by atoms with Gasteiger partial charge in [-0.3, -0.25) is 4.79 Å². The van der Waals surface area contributed by atoms with Crippen molar-refractivity contribution >= 4 is 21.4 Å². The van der Waals surface area contributed by atoms with Gasteiger partial charge < -0.3 is 11.1 Å². The zero-order valence-electron chi connectivity index (χ0n) is 10.0. The highest BCUT2D eigenvalue weighted by Gasteiger charge is 2.12. The second-order valence-electron chi connectivity index (χ2n) is 4.03. The molecule has 0 fully saturated rings. The normalized spacial score (nSPS) is 13.2. The van der Waals surface area contributed by atoms with Crippen molar-refractivity contribution in [1.29, 1.82) is 0 Å². The number of benzene rings is 1. The van der Waals surface area contributed by atoms with E-state index < -0.39 is 15.9 Å². The molecule has 1 aromatic carbocycles. The molecule has 1 atom stereocenters. The van der Waals surface area contributed by atoms with Gasteiger partial charge in [0.05, 0.1) is 10.9 Å². The number of hydrogen-bond donors (Lipinski definition) is 2. The topological polar surface area (TPSA) is 89.3 Å². The van der Waals surface area contributed by atoms with Crippen LogP contribution in [-0.2, 0) is 14.6 Å². The minimum atomic E-state index is -3.28. The predicted octanol–water partition coefficient (Wildman–Crippen LogP) is 0.684. The van der Waals surface area contributed by atoms with Crippen LogP contribution in [0.5, 0.6) is 0 Å². The van der Waals surface area contributed by atoms with Gasteiger partial charge >= 0.3 is 0 Å². The number of rotatable bonds is 3. The highest BCUT2D eigenvalue weighted by molar-refractivity contribution is 7.90. The number of nitrogens with one attached hydrogen (secondary N) is 1. The maximum Gasteiger partial charge on any atom is 0.241 e. The number of anilines is 1. The zero-order valence-corrected chi connectivity index (χ0v) is 10.8. The monoisotopic (exact) mass is 256 g/mol. The standard InChI is InChI=1S/C11H16N2O3S/c1-7-4-5-9(17(3,15)16)6-10(7)13-11(14)8(2)12/h4-6,8H,12H2,1-3H3,(H,13,14)/t8-/m0/s1. The molecule has 0 bridgehead atoms. The van der Waals surface area contributed by atoms with Crippen molar-refractivity contribution in [3.8, 4) is 0 Å². The lowest BCUT2D eigenvalue weighted by atomic mass is 10.2. The Bertz CT molecular complexity index is 536. The first-order valence-corrected chi connectivity index (χ1v) is 6.98. The SMILES string of the molecule is Cc1ccc(S(C)(=O)=O)cc1NC(=O)[C@H](C)N. The fourth-order valence-corrected chi connectivity index (χ4v) is 1.86. The minimum Gasteiger partial charge on any atom is -0.324 e. The molecule has 3 N–H and O–H groups in total. The van der Waals surface area contributed by atoms with Gasteiger partial charge in [-0.15, -0.1) is 0 Å². The van der Waals surface area contributed by atoms with E-state index >= 15 is 0 Å². The molecule has 1 amide bonds. The van der Waals surface area contributed by atoms with E-state index in [1.165, 1.54) is 12.1 Å². The van der Waals surface area contributed by atoms with E-state index in [9.17, 15) is 13.2 Å². The first kappa shape index (κ1) is 13.7. The molecule has 0 saturated heterocycles. The average molecular weight is 256 g/mol. The number of carbonyl (C=O) groups is 1. The van der Waals surface area contributed by atoms with E-state index in [0.717, 1.165) is 11.8 Å². The molecular weight excluding hydrogens is 240 g/mol. The molecule has 0 aromatic heterocycles. The number of carbonyl (C=O) groups excluding carboxylic acids is 1. The van der Waals surface area contributed by atoms with Crippen LogP contribution in [-0.4, -0.2) is 26.6 Å². The highest BCUT2D eigenvalue weighted by Crippen LogP contribution is 2.20. The molecule has 0 radical (unpaired) electrons. The summed E-state index contributed by atoms with van der Waals surface area (Å²) in [5.74, 6) is -0.348. The van der Waals surface area contributed by atoms with Gasteiger partial charge in [-0.05, 0) is 31.5 Å². The summed E-state index contributed by atoms with van der Waals surface area (Å²) in [5.41, 5.74) is 6.68. The van der Waals surface area contributed by atoms with Gasteiger partial charge in [0.1, 0.15) is 0 Å². The number of nitrogens with two attached hydrogens (primary N) is 1. The Morgan fingerprint density at radius 1 is 1.41 bits per heavy atom. The molecule has 1 rings (SSSR count). The smallest absolute Gasteiger partial charge is 0.241 e. The van der Waals surface area contributed by atoms with E-state index in [4.69, 9.17) is 5.73 Å². The lowest BCUT2D eigenvalue weighted by Crippen LogP contribution is -2.32. The fourth-order valence-electron chi connectivity index (χ4n) is 1.21. The second-order valence-corrected chi connectivity index (χ2v) is 6.04. The van der Waals surface area contributed by atoms with Crippen molar-refractivity contribution < 1.29 is 13.2 Å². The van der Waals surface area contributed by atoms with Gasteiger partial charge in [-0.25, -0.2) is 8.42 Å². The molecular formula is C11H16N2O3S. The minimum absolute atomic E-state index is 0.170. The average Bonchev–Trinajstić information content (AvgIpc) is 2.19. The third kappa shape index (κ3) is 3.54. The summed E-state index contributed by atoms with van der Waals surface area (Å²) in [6, 6.07) is 3.95. The lowest BCUT2D eigenvalue weighted by molar-refractivity contribution is -0.117. The van der Waals surface area contributed by atoms with E-state index in [-0.39, 0.29) is 10.8 Å². The van der Waals surface area contributed by atoms with Gasteiger partial charge in [0, 0.05) is 11.9 Å². The van der Waals surface area contributed by atoms with Gasteiger partial charge in [-0.1, -0.05) is 6.07 Å². The maximum atomic E-state index is 11.4. The molecule has 0 spiro atoms. The quantitative estimate of drug-likeness (QED) is 0.832. The van der Waals surface area contributed by atoms with Crippen LogP contribution in [0.1, 0.15) is 12.5 Å². The van der Waals surface area contributed by atoms with Crippen LogP contribution < -0.4 is 11.1 Å². The number of amides is 1. The molecule has 0 aliphatic carbocycles. The summed E-state index contributed by atoms with van der Waals surface area (Å²) in [4.78, 5) is 11.6. The van der Waals surface area contributed by atoms with Crippen LogP contribution in [0.4, 0.5) is 5.69 Å². The Morgan fingerprint density at radius 3 is 2.47 bits per heavy atom. The van der Waals surface area contributed by atoms with Crippen LogP contribution >= 0.6 is 0 Å². The molecule has 1 aromatic rings. The van der Waals surface area contributed by atoms with Crippen LogP contribution in [0.15, 0.2) is 23.1 Å². The van der Waals surface area contributed by atoms with Crippen molar-refractivity contribution in [1.82, 2.24) is 0 Å². The van der Waals surface area contributed by atoms with Crippen LogP contribution in [0, 0.1) is 6.92 Å². The summed E-state index contributed by atoms with van der Waals surface area (Å²) < 4.78 is 22.8. The molecule has 0 aliphatic rings. The zero-order chi connectivity index (χ0) is 13.2. The van der Waals surface area contributed by atoms with E-state index in [2.05, 4.69) is 5.32 Å². The lowest BCUT2D eigenvalue weighted by Gasteiger charge is -2.11. The molecule has 94 valence electrons. The summed E-state index contributed by atoms with van der Waals surface area (Å²) in [6.07, 6.45) is 1.12. The fraction of sp³-hybridized carbons (Fsp3) is 0.364. The number of hydrogen-bond acceptors (Lipinski definition) is 4. The molecule has 0 unspecified atom stereocenters. The Morgan fingerprint density at radius 2 is 2.00 bits per heavy atom. The van der Waals surface area contributed by atoms with Crippen molar-refractivity contribution in [2.24, 2.45) is 5.73 Å². The maximum absolute atomic E-state index is 11.4. The first-order chi connectivity index (χ1) is 7.71. The molecule has 0 aliphatic heterocycles. The Labute approximate surface area is 101 Å². The van der Waals surface area contributed by atoms with Crippen molar-refractivity contribution in [3.05, 3.63) is 23.8 Å². The summed E-state index contributed by atoms with van der Waals surface area (Å²) in [5, 5.41) is 2.59. The van der Waals surface area contributed by atoms with Gasteiger partial charge in [0.25, 0.3) is 0 Å². The third-order valence-corrected chi connectivity index (χ3v) is 3.42. The first-order valence-electron chi connectivity index (χ1n) is 5.09. The van der Waals surface area contributed by atoms with Gasteiger partial charge in [0.15, 0.2) is 9.84 Å². The van der Waals surface area contributed by atoms with E-state index in [0.29, 0.717) is 5.69 Å². The Hall–Kier alpha value is -1.40. The highest BCUT2D eigenvalue weighted by atomic mass is 32.2. The van der Waals surface area contributed by atoms with Gasteiger partial charge in [0.2, 0.25) is 5.91 Å². The van der Waals surface area contributed by atoms with Crippen molar-refractivity contribution in [2.45, 2.75) is 24.8 Å². The second kappa shape index (κ2) is 4.85. The van der Waals surface area contributed by atoms with Gasteiger partial charge in [-0.2, -0.15) is 0 Å². The molecule has 0 heterocycles.